The maximum absolute atomic E-state index is 12.9. The lowest BCUT2D eigenvalue weighted by Gasteiger charge is -2.18. The lowest BCUT2D eigenvalue weighted by atomic mass is 10.0. The smallest absolute Gasteiger partial charge is 0.306 e. The topological polar surface area (TPSA) is 78.9 Å². The number of carbonyl (C=O) groups excluding carboxylic acids is 3. The van der Waals surface area contributed by atoms with Crippen LogP contribution in [0.3, 0.4) is 0 Å². The summed E-state index contributed by atoms with van der Waals surface area (Å²) in [5.74, 6) is -0.908. The van der Waals surface area contributed by atoms with Gasteiger partial charge < -0.3 is 14.2 Å². The Morgan fingerprint density at radius 2 is 0.506 bits per heavy atom. The molecule has 6 heteroatoms. The summed E-state index contributed by atoms with van der Waals surface area (Å²) < 4.78 is 16.9. The summed E-state index contributed by atoms with van der Waals surface area (Å²) in [5.41, 5.74) is 0. The first-order chi connectivity index (χ1) is 38.0. The maximum Gasteiger partial charge on any atom is 0.306 e. The molecule has 0 aliphatic rings. The highest BCUT2D eigenvalue weighted by Crippen LogP contribution is 2.17. The molecule has 0 amide bonds. The van der Waals surface area contributed by atoms with Crippen molar-refractivity contribution in [1.29, 1.82) is 0 Å². The van der Waals surface area contributed by atoms with Gasteiger partial charge in [-0.25, -0.2) is 0 Å². The first kappa shape index (κ1) is 73.6. The highest BCUT2D eigenvalue weighted by Gasteiger charge is 2.19. The fourth-order valence-electron chi connectivity index (χ4n) is 9.40. The molecule has 0 heterocycles. The highest BCUT2D eigenvalue weighted by molar-refractivity contribution is 5.71. The van der Waals surface area contributed by atoms with Crippen molar-refractivity contribution in [3.63, 3.8) is 0 Å². The molecule has 0 saturated heterocycles. The molecule has 0 bridgehead atoms. The van der Waals surface area contributed by atoms with Gasteiger partial charge in [-0.2, -0.15) is 0 Å². The number of ether oxygens (including phenoxy) is 3. The largest absolute Gasteiger partial charge is 0.462 e. The lowest BCUT2D eigenvalue weighted by Crippen LogP contribution is -2.30. The van der Waals surface area contributed by atoms with Gasteiger partial charge in [-0.05, 0) is 116 Å². The van der Waals surface area contributed by atoms with Crippen LogP contribution in [0.5, 0.6) is 0 Å². The van der Waals surface area contributed by atoms with Gasteiger partial charge in [0.25, 0.3) is 0 Å². The van der Waals surface area contributed by atoms with E-state index < -0.39 is 6.10 Å². The third-order valence-corrected chi connectivity index (χ3v) is 14.4. The van der Waals surface area contributed by atoms with Crippen LogP contribution in [0.2, 0.25) is 0 Å². The van der Waals surface area contributed by atoms with Gasteiger partial charge in [-0.1, -0.05) is 279 Å². The molecule has 0 spiro atoms. The SMILES string of the molecule is CC/C=C\C/C=C\C/C=C\C/C=C\CCCCCCC(=O)OC(COC(=O)CCCCCCC/C=C\CCCCCC)COC(=O)CCCCCCCCCCCCCCCCCCC/C=C\C/C=C\CCCCCCC. The average molecular weight is 1070 g/mol. The predicted molar refractivity (Wildman–Crippen MR) is 334 cm³/mol. The van der Waals surface area contributed by atoms with Crippen molar-refractivity contribution in [1.82, 2.24) is 0 Å². The second kappa shape index (κ2) is 65.1. The zero-order valence-electron chi connectivity index (χ0n) is 51.0. The number of allylic oxidation sites excluding steroid dienone is 14. The standard InChI is InChI=1S/C71H124O6/c1-4-7-10-13-16-19-22-25-27-29-30-31-32-33-34-35-36-37-38-39-40-42-43-46-49-52-55-58-61-64-70(73)76-67-68(66-75-69(72)63-60-57-54-51-48-45-24-21-18-15-12-9-6-3)77-71(74)65-62-59-56-53-50-47-44-41-28-26-23-20-17-14-11-8-5-2/h8,11,17,20-22,24-26,28-30,44,47,68H,4-7,9-10,12-16,18-19,23,27,31-43,45-46,48-67H2,1-3H3/b11-8-,20-17-,24-21-,25-22-,28-26-,30-29-,47-44-. The van der Waals surface area contributed by atoms with Crippen molar-refractivity contribution >= 4 is 17.9 Å². The molecule has 6 nitrogen and oxygen atoms in total. The Kier molecular flexibility index (Phi) is 62.2. The predicted octanol–water partition coefficient (Wildman–Crippen LogP) is 22.7. The number of rotatable bonds is 60. The summed E-state index contributed by atoms with van der Waals surface area (Å²) in [7, 11) is 0. The number of hydrogen-bond donors (Lipinski definition) is 0. The van der Waals surface area contributed by atoms with Crippen LogP contribution in [-0.4, -0.2) is 37.2 Å². The van der Waals surface area contributed by atoms with Gasteiger partial charge >= 0.3 is 17.9 Å². The monoisotopic (exact) mass is 1070 g/mol. The fraction of sp³-hybridized carbons (Fsp3) is 0.761. The summed E-state index contributed by atoms with van der Waals surface area (Å²) in [6.07, 6.45) is 86.0. The van der Waals surface area contributed by atoms with Crippen molar-refractivity contribution in [2.24, 2.45) is 0 Å². The Hall–Kier alpha value is -3.41. The third-order valence-electron chi connectivity index (χ3n) is 14.4. The minimum Gasteiger partial charge on any atom is -0.462 e. The van der Waals surface area contributed by atoms with Gasteiger partial charge in [0.2, 0.25) is 0 Å². The molecule has 0 aromatic heterocycles. The van der Waals surface area contributed by atoms with E-state index in [0.717, 1.165) is 109 Å². The molecule has 0 fully saturated rings. The van der Waals surface area contributed by atoms with Crippen LogP contribution in [0.4, 0.5) is 0 Å². The van der Waals surface area contributed by atoms with Crippen LogP contribution in [0, 0.1) is 0 Å². The number of unbranched alkanes of at least 4 members (excludes halogenated alkanes) is 35. The summed E-state index contributed by atoms with van der Waals surface area (Å²) in [4.78, 5) is 38.3. The molecule has 0 saturated carbocycles. The van der Waals surface area contributed by atoms with Crippen molar-refractivity contribution < 1.29 is 28.6 Å². The molecule has 444 valence electrons. The van der Waals surface area contributed by atoms with Gasteiger partial charge in [0.15, 0.2) is 6.10 Å². The van der Waals surface area contributed by atoms with Crippen molar-refractivity contribution in [3.8, 4) is 0 Å². The van der Waals surface area contributed by atoms with Crippen molar-refractivity contribution in [3.05, 3.63) is 85.1 Å². The quantitative estimate of drug-likeness (QED) is 0.0261. The minimum atomic E-state index is -0.793. The molecule has 77 heavy (non-hydrogen) atoms. The Bertz CT molecular complexity index is 1470. The minimum absolute atomic E-state index is 0.0871. The van der Waals surface area contributed by atoms with E-state index in [4.69, 9.17) is 14.2 Å². The van der Waals surface area contributed by atoms with E-state index in [1.807, 2.05) is 0 Å². The maximum atomic E-state index is 12.9. The van der Waals surface area contributed by atoms with E-state index in [2.05, 4.69) is 106 Å². The lowest BCUT2D eigenvalue weighted by molar-refractivity contribution is -0.167. The van der Waals surface area contributed by atoms with Crippen molar-refractivity contribution in [2.45, 2.75) is 335 Å². The zero-order valence-corrected chi connectivity index (χ0v) is 51.0. The summed E-state index contributed by atoms with van der Waals surface area (Å²) in [5, 5.41) is 0. The van der Waals surface area contributed by atoms with Gasteiger partial charge in [-0.15, -0.1) is 0 Å². The normalized spacial score (nSPS) is 12.6. The van der Waals surface area contributed by atoms with Crippen LogP contribution >= 0.6 is 0 Å². The van der Waals surface area contributed by atoms with E-state index in [1.165, 1.54) is 180 Å². The molecule has 1 atom stereocenters. The summed E-state index contributed by atoms with van der Waals surface area (Å²) in [6.45, 7) is 6.50. The second-order valence-corrected chi connectivity index (χ2v) is 22.0. The van der Waals surface area contributed by atoms with Crippen LogP contribution in [0.1, 0.15) is 329 Å². The van der Waals surface area contributed by atoms with Gasteiger partial charge in [0.1, 0.15) is 13.2 Å². The highest BCUT2D eigenvalue weighted by atomic mass is 16.6. The first-order valence-corrected chi connectivity index (χ1v) is 33.1. The number of hydrogen-bond acceptors (Lipinski definition) is 6. The Balaban J connectivity index is 4.24. The van der Waals surface area contributed by atoms with E-state index >= 15 is 0 Å². The molecule has 0 aliphatic carbocycles. The molecule has 0 aromatic carbocycles. The van der Waals surface area contributed by atoms with Crippen LogP contribution in [0.25, 0.3) is 0 Å². The number of esters is 3. The Labute approximate surface area is 477 Å². The van der Waals surface area contributed by atoms with Crippen LogP contribution < -0.4 is 0 Å². The molecule has 0 aliphatic heterocycles. The van der Waals surface area contributed by atoms with E-state index in [0.29, 0.717) is 19.3 Å². The third kappa shape index (κ3) is 63.3. The van der Waals surface area contributed by atoms with Gasteiger partial charge in [-0.3, -0.25) is 14.4 Å². The molecule has 0 radical (unpaired) electrons. The zero-order chi connectivity index (χ0) is 55.7. The second-order valence-electron chi connectivity index (χ2n) is 22.0. The number of carbonyl (C=O) groups is 3. The summed E-state index contributed by atoms with van der Waals surface area (Å²) >= 11 is 0. The van der Waals surface area contributed by atoms with Gasteiger partial charge in [0.05, 0.1) is 0 Å². The van der Waals surface area contributed by atoms with E-state index in [9.17, 15) is 14.4 Å². The average Bonchev–Trinajstić information content (AvgIpc) is 3.43. The van der Waals surface area contributed by atoms with Crippen LogP contribution in [-0.2, 0) is 28.6 Å². The molecule has 0 N–H and O–H groups in total. The molecule has 0 aromatic rings. The summed E-state index contributed by atoms with van der Waals surface area (Å²) in [6, 6.07) is 0. The molecular weight excluding hydrogens is 949 g/mol. The first-order valence-electron chi connectivity index (χ1n) is 33.1. The van der Waals surface area contributed by atoms with Gasteiger partial charge in [0, 0.05) is 19.3 Å². The fourth-order valence-corrected chi connectivity index (χ4v) is 9.40. The van der Waals surface area contributed by atoms with E-state index in [-0.39, 0.29) is 31.1 Å². The molecule has 0 rings (SSSR count). The Morgan fingerprint density at radius 1 is 0.273 bits per heavy atom. The van der Waals surface area contributed by atoms with Crippen LogP contribution in [0.15, 0.2) is 85.1 Å². The molecular formula is C71H124O6. The molecule has 1 unspecified atom stereocenters. The van der Waals surface area contributed by atoms with Crippen molar-refractivity contribution in [2.75, 3.05) is 13.2 Å². The van der Waals surface area contributed by atoms with E-state index in [1.54, 1.807) is 0 Å². The Morgan fingerprint density at radius 3 is 0.818 bits per heavy atom.